The van der Waals surface area contributed by atoms with E-state index in [1.54, 1.807) is 0 Å². The van der Waals surface area contributed by atoms with E-state index in [9.17, 15) is 5.11 Å². The number of ether oxygens (including phenoxy) is 1. The fourth-order valence-electron chi connectivity index (χ4n) is 3.48. The Labute approximate surface area is 142 Å². The minimum Gasteiger partial charge on any atom is -0.490 e. The van der Waals surface area contributed by atoms with Crippen LogP contribution in [0, 0.1) is 0 Å². The topological polar surface area (TPSA) is 57.6 Å². The van der Waals surface area contributed by atoms with Crippen LogP contribution in [-0.4, -0.2) is 35.9 Å². The molecule has 1 fully saturated rings. The Balaban J connectivity index is 1.43. The first kappa shape index (κ1) is 15.4. The van der Waals surface area contributed by atoms with E-state index in [1.165, 1.54) is 12.8 Å². The van der Waals surface area contributed by atoms with Crippen LogP contribution in [0.4, 0.5) is 5.82 Å². The molecule has 2 aliphatic rings. The fraction of sp³-hybridized carbons (Fsp3) is 0.421. The van der Waals surface area contributed by atoms with Crippen LogP contribution in [0.1, 0.15) is 30.0 Å². The maximum Gasteiger partial charge on any atom is 0.128 e. The van der Waals surface area contributed by atoms with E-state index in [4.69, 9.17) is 4.74 Å². The molecule has 2 N–H and O–H groups in total. The SMILES string of the molecule is O[C@@H]1COc2ccccc2[C@@H]1NCc1ccc(N2CCCC2)nc1. The molecule has 1 saturated heterocycles. The van der Waals surface area contributed by atoms with Crippen molar-refractivity contribution in [1.29, 1.82) is 0 Å². The molecule has 1 aromatic carbocycles. The highest BCUT2D eigenvalue weighted by molar-refractivity contribution is 5.41. The van der Waals surface area contributed by atoms with Gasteiger partial charge in [-0.25, -0.2) is 4.98 Å². The summed E-state index contributed by atoms with van der Waals surface area (Å²) in [7, 11) is 0. The number of fused-ring (bicyclic) bond motifs is 1. The molecular weight excluding hydrogens is 302 g/mol. The van der Waals surface area contributed by atoms with Crippen molar-refractivity contribution in [3.63, 3.8) is 0 Å². The number of para-hydroxylation sites is 1. The van der Waals surface area contributed by atoms with Crippen LogP contribution in [0.25, 0.3) is 0 Å². The van der Waals surface area contributed by atoms with E-state index >= 15 is 0 Å². The molecule has 0 bridgehead atoms. The summed E-state index contributed by atoms with van der Waals surface area (Å²) in [6.45, 7) is 3.20. The average Bonchev–Trinajstić information content (AvgIpc) is 3.16. The zero-order valence-electron chi connectivity index (χ0n) is 13.7. The highest BCUT2D eigenvalue weighted by atomic mass is 16.5. The van der Waals surface area contributed by atoms with E-state index in [0.29, 0.717) is 13.2 Å². The molecule has 5 heteroatoms. The minimum atomic E-state index is -0.545. The summed E-state index contributed by atoms with van der Waals surface area (Å²) in [6.07, 6.45) is 3.90. The Morgan fingerprint density at radius 2 is 2.00 bits per heavy atom. The second-order valence-electron chi connectivity index (χ2n) is 6.49. The first-order valence-electron chi connectivity index (χ1n) is 8.64. The second kappa shape index (κ2) is 6.79. The van der Waals surface area contributed by atoms with Crippen LogP contribution < -0.4 is 15.0 Å². The third kappa shape index (κ3) is 3.09. The number of aliphatic hydroxyl groups excluding tert-OH is 1. The summed E-state index contributed by atoms with van der Waals surface area (Å²) < 4.78 is 5.58. The lowest BCUT2D eigenvalue weighted by atomic mass is 9.98. The van der Waals surface area contributed by atoms with E-state index < -0.39 is 6.10 Å². The number of pyridine rings is 1. The zero-order chi connectivity index (χ0) is 16.4. The fourth-order valence-corrected chi connectivity index (χ4v) is 3.48. The Kier molecular flexibility index (Phi) is 4.36. The Hall–Kier alpha value is -2.11. The van der Waals surface area contributed by atoms with Crippen molar-refractivity contribution in [3.05, 3.63) is 53.7 Å². The van der Waals surface area contributed by atoms with E-state index in [0.717, 1.165) is 35.8 Å². The molecule has 2 atom stereocenters. The molecular formula is C19H23N3O2. The van der Waals surface area contributed by atoms with Crippen LogP contribution in [0.5, 0.6) is 5.75 Å². The summed E-state index contributed by atoms with van der Waals surface area (Å²) in [5.41, 5.74) is 2.13. The van der Waals surface area contributed by atoms with Gasteiger partial charge in [0.1, 0.15) is 24.3 Å². The third-order valence-electron chi connectivity index (χ3n) is 4.81. The van der Waals surface area contributed by atoms with Gasteiger partial charge in [0, 0.05) is 31.4 Å². The van der Waals surface area contributed by atoms with Gasteiger partial charge in [-0.2, -0.15) is 0 Å². The third-order valence-corrected chi connectivity index (χ3v) is 4.81. The van der Waals surface area contributed by atoms with Gasteiger partial charge < -0.3 is 20.1 Å². The largest absolute Gasteiger partial charge is 0.490 e. The summed E-state index contributed by atoms with van der Waals surface area (Å²) >= 11 is 0. The highest BCUT2D eigenvalue weighted by Crippen LogP contribution is 2.32. The minimum absolute atomic E-state index is 0.117. The van der Waals surface area contributed by atoms with Crippen molar-refractivity contribution in [3.8, 4) is 5.75 Å². The molecule has 3 heterocycles. The number of hydrogen-bond acceptors (Lipinski definition) is 5. The van der Waals surface area contributed by atoms with Crippen molar-refractivity contribution < 1.29 is 9.84 Å². The predicted octanol–water partition coefficient (Wildman–Crippen LogP) is 2.27. The molecule has 0 saturated carbocycles. The number of aliphatic hydroxyl groups is 1. The van der Waals surface area contributed by atoms with Crippen molar-refractivity contribution >= 4 is 5.82 Å². The maximum atomic E-state index is 10.3. The quantitative estimate of drug-likeness (QED) is 0.903. The van der Waals surface area contributed by atoms with E-state index in [-0.39, 0.29) is 6.04 Å². The number of nitrogens with one attached hydrogen (secondary N) is 1. The molecule has 0 radical (unpaired) electrons. The number of benzene rings is 1. The molecule has 0 aliphatic carbocycles. The van der Waals surface area contributed by atoms with Crippen LogP contribution >= 0.6 is 0 Å². The summed E-state index contributed by atoms with van der Waals surface area (Å²) in [5.74, 6) is 1.91. The first-order valence-corrected chi connectivity index (χ1v) is 8.64. The van der Waals surface area contributed by atoms with Gasteiger partial charge in [-0.15, -0.1) is 0 Å². The molecule has 126 valence electrons. The molecule has 2 aromatic rings. The lowest BCUT2D eigenvalue weighted by Gasteiger charge is -2.31. The lowest BCUT2D eigenvalue weighted by Crippen LogP contribution is -2.39. The number of nitrogens with zero attached hydrogens (tertiary/aromatic N) is 2. The molecule has 2 aliphatic heterocycles. The monoisotopic (exact) mass is 325 g/mol. The van der Waals surface area contributed by atoms with Crippen LogP contribution in [0.15, 0.2) is 42.6 Å². The van der Waals surface area contributed by atoms with Crippen LogP contribution in [-0.2, 0) is 6.54 Å². The Morgan fingerprint density at radius 3 is 2.79 bits per heavy atom. The summed E-state index contributed by atoms with van der Waals surface area (Å²) in [5, 5.41) is 13.7. The van der Waals surface area contributed by atoms with E-state index in [1.807, 2.05) is 30.5 Å². The molecule has 5 nitrogen and oxygen atoms in total. The maximum absolute atomic E-state index is 10.3. The van der Waals surface area contributed by atoms with E-state index in [2.05, 4.69) is 27.3 Å². The average molecular weight is 325 g/mol. The standard InChI is InChI=1S/C19H23N3O2/c23-16-13-24-17-6-2-1-5-15(17)19(16)21-12-14-7-8-18(20-11-14)22-9-3-4-10-22/h1-2,5-8,11,16,19,21,23H,3-4,9-10,12-13H2/t16-,19+/m1/s1. The van der Waals surface area contributed by atoms with Crippen LogP contribution in [0.3, 0.4) is 0 Å². The van der Waals surface area contributed by atoms with Crippen molar-refractivity contribution in [2.75, 3.05) is 24.6 Å². The summed E-state index contributed by atoms with van der Waals surface area (Å²) in [4.78, 5) is 6.92. The summed E-state index contributed by atoms with van der Waals surface area (Å²) in [6, 6.07) is 12.0. The number of rotatable bonds is 4. The van der Waals surface area contributed by atoms with Crippen molar-refractivity contribution in [2.24, 2.45) is 0 Å². The number of hydrogen-bond donors (Lipinski definition) is 2. The number of anilines is 1. The second-order valence-corrected chi connectivity index (χ2v) is 6.49. The zero-order valence-corrected chi connectivity index (χ0v) is 13.7. The predicted molar refractivity (Wildman–Crippen MR) is 93.2 cm³/mol. The van der Waals surface area contributed by atoms with Gasteiger partial charge in [-0.1, -0.05) is 24.3 Å². The van der Waals surface area contributed by atoms with Crippen molar-refractivity contribution in [2.45, 2.75) is 31.5 Å². The Bertz CT molecular complexity index is 683. The number of aromatic nitrogens is 1. The van der Waals surface area contributed by atoms with Crippen LogP contribution in [0.2, 0.25) is 0 Å². The van der Waals surface area contributed by atoms with Gasteiger partial charge in [0.2, 0.25) is 0 Å². The lowest BCUT2D eigenvalue weighted by molar-refractivity contribution is 0.0544. The Morgan fingerprint density at radius 1 is 1.17 bits per heavy atom. The van der Waals surface area contributed by atoms with Gasteiger partial charge in [0.15, 0.2) is 0 Å². The molecule has 4 rings (SSSR count). The van der Waals surface area contributed by atoms with Gasteiger partial charge in [-0.05, 0) is 30.5 Å². The van der Waals surface area contributed by atoms with Gasteiger partial charge in [0.25, 0.3) is 0 Å². The van der Waals surface area contributed by atoms with Gasteiger partial charge in [0.05, 0.1) is 6.04 Å². The molecule has 0 spiro atoms. The molecule has 0 amide bonds. The van der Waals surface area contributed by atoms with Gasteiger partial charge >= 0.3 is 0 Å². The first-order chi connectivity index (χ1) is 11.8. The molecule has 1 aromatic heterocycles. The molecule has 24 heavy (non-hydrogen) atoms. The van der Waals surface area contributed by atoms with Crippen molar-refractivity contribution in [1.82, 2.24) is 10.3 Å². The molecule has 0 unspecified atom stereocenters. The smallest absolute Gasteiger partial charge is 0.128 e. The normalized spacial score (nSPS) is 23.0. The highest BCUT2D eigenvalue weighted by Gasteiger charge is 2.28. The van der Waals surface area contributed by atoms with Gasteiger partial charge in [-0.3, -0.25) is 0 Å².